The van der Waals surface area contributed by atoms with Gasteiger partial charge in [-0.25, -0.2) is 4.98 Å². The second-order valence-electron chi connectivity index (χ2n) is 8.64. The first-order valence-electron chi connectivity index (χ1n) is 10.2. The highest BCUT2D eigenvalue weighted by Gasteiger charge is 2.33. The van der Waals surface area contributed by atoms with Crippen LogP contribution in [-0.2, 0) is 4.74 Å². The number of nitrogens with zero attached hydrogens (tertiary/aromatic N) is 3. The summed E-state index contributed by atoms with van der Waals surface area (Å²) in [6.45, 7) is 12.4. The second-order valence-corrected chi connectivity index (χ2v) is 8.64. The Bertz CT molecular complexity index is 1030. The average molecular weight is 412 g/mol. The maximum Gasteiger partial charge on any atom is 0.259 e. The summed E-state index contributed by atoms with van der Waals surface area (Å²) in [4.78, 5) is 20.0. The molecule has 0 bridgehead atoms. The molecule has 160 valence electrons. The number of morpholine rings is 1. The van der Waals surface area contributed by atoms with Gasteiger partial charge in [-0.2, -0.15) is 0 Å². The molecule has 4 heterocycles. The van der Waals surface area contributed by atoms with Gasteiger partial charge < -0.3 is 19.0 Å². The van der Waals surface area contributed by atoms with Crippen LogP contribution in [0.5, 0.6) is 0 Å². The quantitative estimate of drug-likeness (QED) is 0.686. The van der Waals surface area contributed by atoms with Crippen LogP contribution in [-0.4, -0.2) is 58.3 Å². The van der Waals surface area contributed by atoms with E-state index in [2.05, 4.69) is 48.1 Å². The van der Waals surface area contributed by atoms with Crippen LogP contribution in [0.15, 0.2) is 33.4 Å². The number of nitrogens with one attached hydrogen (secondary N) is 1. The third-order valence-corrected chi connectivity index (χ3v) is 5.59. The number of rotatable bonds is 5. The van der Waals surface area contributed by atoms with Crippen LogP contribution in [0, 0.1) is 6.92 Å². The zero-order chi connectivity index (χ0) is 21.5. The van der Waals surface area contributed by atoms with Gasteiger partial charge >= 0.3 is 0 Å². The van der Waals surface area contributed by atoms with Crippen LogP contribution in [0.3, 0.4) is 0 Å². The van der Waals surface area contributed by atoms with E-state index in [0.29, 0.717) is 40.4 Å². The van der Waals surface area contributed by atoms with Crippen LogP contribution in [0.2, 0.25) is 0 Å². The van der Waals surface area contributed by atoms with Gasteiger partial charge in [-0.1, -0.05) is 5.16 Å². The largest absolute Gasteiger partial charge is 0.463 e. The Kier molecular flexibility index (Phi) is 5.38. The second kappa shape index (κ2) is 7.85. The normalized spacial score (nSPS) is 20.6. The molecule has 2 atom stereocenters. The monoisotopic (exact) mass is 412 g/mol. The molecular formula is C22H28N4O4. The number of hydrogen-bond acceptors (Lipinski definition) is 7. The lowest BCUT2D eigenvalue weighted by Gasteiger charge is -2.45. The van der Waals surface area contributed by atoms with Crippen molar-refractivity contribution < 1.29 is 18.5 Å². The molecule has 0 aromatic carbocycles. The first kappa shape index (κ1) is 20.6. The molecule has 4 rings (SSSR count). The number of fused-ring (bicyclic) bond motifs is 1. The Hall–Kier alpha value is -2.71. The first-order valence-corrected chi connectivity index (χ1v) is 10.2. The van der Waals surface area contributed by atoms with Gasteiger partial charge in [-0.05, 0) is 52.8 Å². The minimum atomic E-state index is -0.221. The smallest absolute Gasteiger partial charge is 0.259 e. The van der Waals surface area contributed by atoms with E-state index in [1.165, 1.54) is 0 Å². The van der Waals surface area contributed by atoms with Crippen molar-refractivity contribution in [1.29, 1.82) is 0 Å². The van der Waals surface area contributed by atoms with E-state index in [4.69, 9.17) is 13.7 Å². The lowest BCUT2D eigenvalue weighted by atomic mass is 9.99. The number of carbonyl (C=O) groups excluding carboxylic acids is 1. The average Bonchev–Trinajstić information content (AvgIpc) is 3.35. The Morgan fingerprint density at radius 3 is 2.70 bits per heavy atom. The topological polar surface area (TPSA) is 93.6 Å². The van der Waals surface area contributed by atoms with Gasteiger partial charge in [0, 0.05) is 25.2 Å². The van der Waals surface area contributed by atoms with Gasteiger partial charge in [0.1, 0.15) is 5.69 Å². The molecule has 0 aliphatic carbocycles. The van der Waals surface area contributed by atoms with Crippen molar-refractivity contribution in [2.45, 2.75) is 52.4 Å². The summed E-state index contributed by atoms with van der Waals surface area (Å²) in [6.07, 6.45) is 1.90. The summed E-state index contributed by atoms with van der Waals surface area (Å²) in [5.74, 6) is 0.376. The molecular weight excluding hydrogens is 384 g/mol. The fourth-order valence-corrected chi connectivity index (χ4v) is 4.00. The van der Waals surface area contributed by atoms with Crippen LogP contribution in [0.25, 0.3) is 22.6 Å². The molecule has 1 amide bonds. The van der Waals surface area contributed by atoms with Gasteiger partial charge in [-0.3, -0.25) is 9.69 Å². The summed E-state index contributed by atoms with van der Waals surface area (Å²) in [7, 11) is 0. The van der Waals surface area contributed by atoms with Gasteiger partial charge in [0.15, 0.2) is 5.76 Å². The molecule has 3 aromatic heterocycles. The Labute approximate surface area is 175 Å². The molecule has 30 heavy (non-hydrogen) atoms. The predicted molar refractivity (Wildman–Crippen MR) is 112 cm³/mol. The molecule has 1 fully saturated rings. The number of ether oxygens (including phenoxy) is 1. The Morgan fingerprint density at radius 1 is 1.30 bits per heavy atom. The van der Waals surface area contributed by atoms with Crippen LogP contribution < -0.4 is 5.32 Å². The van der Waals surface area contributed by atoms with Gasteiger partial charge in [0.2, 0.25) is 0 Å². The molecule has 2 unspecified atom stereocenters. The zero-order valence-corrected chi connectivity index (χ0v) is 18.1. The predicted octanol–water partition coefficient (Wildman–Crippen LogP) is 3.41. The summed E-state index contributed by atoms with van der Waals surface area (Å²) in [6, 6.07) is 5.30. The van der Waals surface area contributed by atoms with E-state index in [1.54, 1.807) is 31.4 Å². The molecule has 8 heteroatoms. The molecule has 1 aliphatic rings. The number of hydrogen-bond donors (Lipinski definition) is 1. The molecule has 1 N–H and O–H groups in total. The van der Waals surface area contributed by atoms with Crippen molar-refractivity contribution >= 4 is 17.0 Å². The van der Waals surface area contributed by atoms with Gasteiger partial charge in [0.25, 0.3) is 11.6 Å². The third kappa shape index (κ3) is 3.97. The van der Waals surface area contributed by atoms with Crippen LogP contribution in [0.4, 0.5) is 0 Å². The van der Waals surface area contributed by atoms with Crippen LogP contribution >= 0.6 is 0 Å². The summed E-state index contributed by atoms with van der Waals surface area (Å²) in [5, 5.41) is 7.71. The van der Waals surface area contributed by atoms with E-state index in [-0.39, 0.29) is 23.7 Å². The number of aromatic nitrogens is 2. The van der Waals surface area contributed by atoms with Crippen molar-refractivity contribution in [1.82, 2.24) is 20.4 Å². The maximum atomic E-state index is 13.2. The molecule has 1 aliphatic heterocycles. The molecule has 8 nitrogen and oxygen atoms in total. The minimum Gasteiger partial charge on any atom is -0.463 e. The van der Waals surface area contributed by atoms with E-state index >= 15 is 0 Å². The molecule has 0 spiro atoms. The highest BCUT2D eigenvalue weighted by Crippen LogP contribution is 2.27. The van der Waals surface area contributed by atoms with E-state index in [9.17, 15) is 4.79 Å². The van der Waals surface area contributed by atoms with Gasteiger partial charge in [-0.15, -0.1) is 0 Å². The molecule has 0 saturated carbocycles. The highest BCUT2D eigenvalue weighted by molar-refractivity contribution is 6.06. The van der Waals surface area contributed by atoms with Crippen molar-refractivity contribution in [3.05, 3.63) is 35.7 Å². The van der Waals surface area contributed by atoms with Gasteiger partial charge in [0.05, 0.1) is 35.1 Å². The number of amides is 1. The first-order chi connectivity index (χ1) is 14.2. The summed E-state index contributed by atoms with van der Waals surface area (Å²) < 4.78 is 16.6. The lowest BCUT2D eigenvalue weighted by Crippen LogP contribution is -2.58. The lowest BCUT2D eigenvalue weighted by molar-refractivity contribution is -0.0948. The standard InChI is InChI=1S/C22H28N4O4/c1-13-10-26(11-14(2)29-13)22(4,5)12-23-20(27)16-9-17(18-7-6-8-28-18)24-21-19(16)15(3)25-30-21/h6-9,13-14H,10-12H2,1-5H3,(H,23,27). The Balaban J connectivity index is 1.58. The SMILES string of the molecule is Cc1noc2nc(-c3ccco3)cc(C(=O)NCC(C)(C)N3CC(C)OC(C)C3)c12. The third-order valence-electron chi connectivity index (χ3n) is 5.59. The van der Waals surface area contributed by atoms with Crippen molar-refractivity contribution in [3.63, 3.8) is 0 Å². The minimum absolute atomic E-state index is 0.166. The summed E-state index contributed by atoms with van der Waals surface area (Å²) in [5.41, 5.74) is 1.74. The van der Waals surface area contributed by atoms with Crippen molar-refractivity contribution in [3.8, 4) is 11.5 Å². The van der Waals surface area contributed by atoms with E-state index < -0.39 is 0 Å². The molecule has 1 saturated heterocycles. The van der Waals surface area contributed by atoms with Crippen LogP contribution in [0.1, 0.15) is 43.7 Å². The number of pyridine rings is 1. The number of carbonyl (C=O) groups is 1. The number of aryl methyl sites for hydroxylation is 1. The summed E-state index contributed by atoms with van der Waals surface area (Å²) >= 11 is 0. The molecule has 3 aromatic rings. The fraction of sp³-hybridized carbons (Fsp3) is 0.500. The maximum absolute atomic E-state index is 13.2. The fourth-order valence-electron chi connectivity index (χ4n) is 4.00. The van der Waals surface area contributed by atoms with E-state index in [0.717, 1.165) is 13.1 Å². The number of furan rings is 1. The zero-order valence-electron chi connectivity index (χ0n) is 18.1. The highest BCUT2D eigenvalue weighted by atomic mass is 16.5. The van der Waals surface area contributed by atoms with Crippen molar-refractivity contribution in [2.24, 2.45) is 0 Å². The molecule has 0 radical (unpaired) electrons. The van der Waals surface area contributed by atoms with Crippen molar-refractivity contribution in [2.75, 3.05) is 19.6 Å². The van der Waals surface area contributed by atoms with E-state index in [1.807, 2.05) is 0 Å². The Morgan fingerprint density at radius 2 is 2.03 bits per heavy atom.